The Kier molecular flexibility index (Phi) is 4.24. The van der Waals surface area contributed by atoms with E-state index < -0.39 is 0 Å². The summed E-state index contributed by atoms with van der Waals surface area (Å²) in [6.07, 6.45) is 4.69. The highest BCUT2D eigenvalue weighted by Gasteiger charge is 1.98. The van der Waals surface area contributed by atoms with Crippen molar-refractivity contribution in [2.75, 3.05) is 0 Å². The maximum atomic E-state index is 5.40. The van der Waals surface area contributed by atoms with Crippen LogP contribution in [0.3, 0.4) is 0 Å². The molecule has 0 heterocycles. The van der Waals surface area contributed by atoms with Crippen molar-refractivity contribution >= 4 is 0 Å². The zero-order chi connectivity index (χ0) is 10.4. The fourth-order valence-corrected chi connectivity index (χ4v) is 1.36. The topological polar surface area (TPSA) is 9.23 Å². The van der Waals surface area contributed by atoms with E-state index in [9.17, 15) is 0 Å². The Balaban J connectivity index is 2.68. The predicted octanol–water partition coefficient (Wildman–Crippen LogP) is 3.80. The van der Waals surface area contributed by atoms with Crippen LogP contribution in [0.15, 0.2) is 36.6 Å². The van der Waals surface area contributed by atoms with Crippen molar-refractivity contribution in [3.8, 4) is 5.75 Å². The molecule has 0 aliphatic rings. The number of ether oxygens (including phenoxy) is 1. The largest absolute Gasteiger partial charge is 0.465 e. The first kappa shape index (κ1) is 10.8. The van der Waals surface area contributed by atoms with Gasteiger partial charge in [-0.2, -0.15) is 0 Å². The molecule has 1 aromatic carbocycles. The lowest BCUT2D eigenvalue weighted by molar-refractivity contribution is 0.479. The lowest BCUT2D eigenvalue weighted by atomic mass is 10.0. The molecule has 0 saturated heterocycles. The summed E-state index contributed by atoms with van der Waals surface area (Å²) in [7, 11) is 0. The summed E-state index contributed by atoms with van der Waals surface area (Å²) in [5.41, 5.74) is 1.34. The van der Waals surface area contributed by atoms with Crippen LogP contribution in [-0.4, -0.2) is 0 Å². The summed E-state index contributed by atoms with van der Waals surface area (Å²) >= 11 is 0. The SMILES string of the molecule is CC=COc1cccc(CC(C)C)c1. The van der Waals surface area contributed by atoms with Gasteiger partial charge in [-0.05, 0) is 37.0 Å². The van der Waals surface area contributed by atoms with E-state index >= 15 is 0 Å². The molecule has 1 rings (SSSR count). The maximum Gasteiger partial charge on any atom is 0.126 e. The van der Waals surface area contributed by atoms with E-state index in [0.717, 1.165) is 12.2 Å². The van der Waals surface area contributed by atoms with Gasteiger partial charge in [0.2, 0.25) is 0 Å². The standard InChI is InChI=1S/C13H18O/c1-4-8-14-13-7-5-6-12(10-13)9-11(2)3/h4-8,10-11H,9H2,1-3H3. The molecule has 1 nitrogen and oxygen atoms in total. The minimum absolute atomic E-state index is 0.687. The van der Waals surface area contributed by atoms with Crippen LogP contribution in [0.1, 0.15) is 26.3 Å². The van der Waals surface area contributed by atoms with Crippen LogP contribution in [0, 0.1) is 5.92 Å². The molecule has 0 spiro atoms. The van der Waals surface area contributed by atoms with Gasteiger partial charge in [0.05, 0.1) is 6.26 Å². The van der Waals surface area contributed by atoms with Crippen LogP contribution in [0.25, 0.3) is 0 Å². The highest BCUT2D eigenvalue weighted by atomic mass is 16.5. The molecule has 0 N–H and O–H groups in total. The van der Waals surface area contributed by atoms with Gasteiger partial charge in [0.15, 0.2) is 0 Å². The van der Waals surface area contributed by atoms with Crippen LogP contribution in [-0.2, 0) is 6.42 Å². The quantitative estimate of drug-likeness (QED) is 0.656. The summed E-state index contributed by atoms with van der Waals surface area (Å²) in [4.78, 5) is 0. The number of benzene rings is 1. The number of hydrogen-bond donors (Lipinski definition) is 0. The summed E-state index contributed by atoms with van der Waals surface area (Å²) in [6, 6.07) is 8.25. The van der Waals surface area contributed by atoms with Gasteiger partial charge in [-0.25, -0.2) is 0 Å². The molecule has 1 aromatic rings. The lowest BCUT2D eigenvalue weighted by Gasteiger charge is -2.06. The van der Waals surface area contributed by atoms with Crippen LogP contribution in [0.2, 0.25) is 0 Å². The van der Waals surface area contributed by atoms with Gasteiger partial charge in [0, 0.05) is 0 Å². The molecule has 0 unspecified atom stereocenters. The number of hydrogen-bond acceptors (Lipinski definition) is 1. The Labute approximate surface area is 86.4 Å². The second-order valence-electron chi connectivity index (χ2n) is 3.83. The molecule has 0 atom stereocenters. The average molecular weight is 190 g/mol. The second kappa shape index (κ2) is 5.48. The number of allylic oxidation sites excluding steroid dienone is 1. The highest BCUT2D eigenvalue weighted by molar-refractivity contribution is 5.29. The van der Waals surface area contributed by atoms with Gasteiger partial charge in [-0.1, -0.05) is 32.1 Å². The molecule has 0 saturated carbocycles. The van der Waals surface area contributed by atoms with Crippen LogP contribution in [0.4, 0.5) is 0 Å². The summed E-state index contributed by atoms with van der Waals surface area (Å²) in [5.74, 6) is 1.60. The Morgan fingerprint density at radius 1 is 1.36 bits per heavy atom. The first-order valence-electron chi connectivity index (χ1n) is 5.09. The van der Waals surface area contributed by atoms with E-state index in [1.165, 1.54) is 5.56 Å². The molecule has 0 aliphatic heterocycles. The molecule has 0 bridgehead atoms. The molecule has 76 valence electrons. The van der Waals surface area contributed by atoms with E-state index in [1.807, 2.05) is 25.1 Å². The van der Waals surface area contributed by atoms with Crippen molar-refractivity contribution in [3.05, 3.63) is 42.2 Å². The minimum Gasteiger partial charge on any atom is -0.465 e. The van der Waals surface area contributed by atoms with Gasteiger partial charge in [-0.3, -0.25) is 0 Å². The number of rotatable bonds is 4. The van der Waals surface area contributed by atoms with Gasteiger partial charge in [0.1, 0.15) is 5.75 Å². The van der Waals surface area contributed by atoms with Crippen molar-refractivity contribution in [3.63, 3.8) is 0 Å². The second-order valence-corrected chi connectivity index (χ2v) is 3.83. The maximum absolute atomic E-state index is 5.40. The molecular formula is C13H18O. The summed E-state index contributed by atoms with van der Waals surface area (Å²) in [6.45, 7) is 6.39. The Bertz CT molecular complexity index is 300. The van der Waals surface area contributed by atoms with E-state index in [0.29, 0.717) is 5.92 Å². The first-order chi connectivity index (χ1) is 6.72. The monoisotopic (exact) mass is 190 g/mol. The fraction of sp³-hybridized carbons (Fsp3) is 0.385. The summed E-state index contributed by atoms with van der Waals surface area (Å²) in [5, 5.41) is 0. The predicted molar refractivity (Wildman–Crippen MR) is 60.4 cm³/mol. The Morgan fingerprint density at radius 2 is 2.14 bits per heavy atom. The smallest absolute Gasteiger partial charge is 0.126 e. The molecule has 0 amide bonds. The molecule has 0 aromatic heterocycles. The Morgan fingerprint density at radius 3 is 2.79 bits per heavy atom. The van der Waals surface area contributed by atoms with Gasteiger partial charge >= 0.3 is 0 Å². The third-order valence-corrected chi connectivity index (χ3v) is 1.88. The van der Waals surface area contributed by atoms with Crippen molar-refractivity contribution < 1.29 is 4.74 Å². The third kappa shape index (κ3) is 3.65. The van der Waals surface area contributed by atoms with E-state index in [4.69, 9.17) is 4.74 Å². The average Bonchev–Trinajstić information content (AvgIpc) is 2.14. The van der Waals surface area contributed by atoms with E-state index in [1.54, 1.807) is 6.26 Å². The lowest BCUT2D eigenvalue weighted by Crippen LogP contribution is -1.94. The van der Waals surface area contributed by atoms with Crippen LogP contribution in [0.5, 0.6) is 5.75 Å². The molecule has 0 radical (unpaired) electrons. The molecule has 1 heteroatoms. The third-order valence-electron chi connectivity index (χ3n) is 1.88. The van der Waals surface area contributed by atoms with Gasteiger partial charge in [-0.15, -0.1) is 0 Å². The van der Waals surface area contributed by atoms with Gasteiger partial charge < -0.3 is 4.74 Å². The van der Waals surface area contributed by atoms with E-state index in [2.05, 4.69) is 26.0 Å². The van der Waals surface area contributed by atoms with Crippen LogP contribution >= 0.6 is 0 Å². The molecule has 0 fully saturated rings. The van der Waals surface area contributed by atoms with Crippen molar-refractivity contribution in [2.24, 2.45) is 5.92 Å². The fourth-order valence-electron chi connectivity index (χ4n) is 1.36. The highest BCUT2D eigenvalue weighted by Crippen LogP contribution is 2.16. The zero-order valence-corrected chi connectivity index (χ0v) is 9.16. The normalized spacial score (nSPS) is 11.1. The van der Waals surface area contributed by atoms with Crippen molar-refractivity contribution in [1.29, 1.82) is 0 Å². The minimum atomic E-state index is 0.687. The van der Waals surface area contributed by atoms with Crippen LogP contribution < -0.4 is 4.74 Å². The van der Waals surface area contributed by atoms with Crippen molar-refractivity contribution in [1.82, 2.24) is 0 Å². The summed E-state index contributed by atoms with van der Waals surface area (Å²) < 4.78 is 5.40. The van der Waals surface area contributed by atoms with Gasteiger partial charge in [0.25, 0.3) is 0 Å². The molecule has 14 heavy (non-hydrogen) atoms. The molecular weight excluding hydrogens is 172 g/mol. The van der Waals surface area contributed by atoms with E-state index in [-0.39, 0.29) is 0 Å². The zero-order valence-electron chi connectivity index (χ0n) is 9.16. The first-order valence-corrected chi connectivity index (χ1v) is 5.09. The van der Waals surface area contributed by atoms with Crippen molar-refractivity contribution in [2.45, 2.75) is 27.2 Å². The molecule has 0 aliphatic carbocycles. The Hall–Kier alpha value is -1.24.